The molecule has 1 aliphatic heterocycles. The summed E-state index contributed by atoms with van der Waals surface area (Å²) in [6.07, 6.45) is 2.12. The number of hydrogen-bond acceptors (Lipinski definition) is 3. The number of likely N-dealkylation sites (N-methyl/N-ethyl adjacent to an activating group) is 1. The smallest absolute Gasteiger partial charge is 0.317 e. The van der Waals surface area contributed by atoms with E-state index in [4.69, 9.17) is 0 Å². The largest absolute Gasteiger partial charge is 0.369 e. The van der Waals surface area contributed by atoms with Crippen LogP contribution in [-0.2, 0) is 11.2 Å². The molecule has 0 aliphatic carbocycles. The van der Waals surface area contributed by atoms with Gasteiger partial charge in [0.1, 0.15) is 5.82 Å². The zero-order valence-corrected chi connectivity index (χ0v) is 17.3. The van der Waals surface area contributed by atoms with Crippen LogP contribution in [0, 0.1) is 5.82 Å². The number of benzene rings is 2. The fourth-order valence-electron chi connectivity index (χ4n) is 3.70. The highest BCUT2D eigenvalue weighted by Gasteiger charge is 2.26. The summed E-state index contributed by atoms with van der Waals surface area (Å²) in [7, 11) is 1.82. The van der Waals surface area contributed by atoms with Gasteiger partial charge in [-0.25, -0.2) is 9.18 Å². The molecule has 0 aromatic heterocycles. The second-order valence-electron chi connectivity index (χ2n) is 7.58. The van der Waals surface area contributed by atoms with Crippen molar-refractivity contribution in [2.24, 2.45) is 0 Å². The van der Waals surface area contributed by atoms with E-state index in [9.17, 15) is 14.0 Å². The molecule has 160 valence electrons. The summed E-state index contributed by atoms with van der Waals surface area (Å²) in [5.74, 6) is -0.557. The molecule has 2 aromatic carbocycles. The van der Waals surface area contributed by atoms with Gasteiger partial charge in [-0.15, -0.1) is 0 Å². The quantitative estimate of drug-likeness (QED) is 0.688. The predicted molar refractivity (Wildman–Crippen MR) is 116 cm³/mol. The maximum absolute atomic E-state index is 13.2. The molecule has 1 unspecified atom stereocenters. The Morgan fingerprint density at radius 3 is 2.63 bits per heavy atom. The Labute approximate surface area is 177 Å². The molecule has 1 fully saturated rings. The molecule has 0 spiro atoms. The number of anilines is 1. The zero-order valence-electron chi connectivity index (χ0n) is 17.3. The first-order chi connectivity index (χ1) is 14.5. The van der Waals surface area contributed by atoms with Gasteiger partial charge in [0.2, 0.25) is 5.91 Å². The molecular formula is C23H29FN4O2. The van der Waals surface area contributed by atoms with E-state index in [1.54, 1.807) is 17.0 Å². The Bertz CT molecular complexity index is 846. The number of para-hydroxylation sites is 1. The van der Waals surface area contributed by atoms with E-state index >= 15 is 0 Å². The average Bonchev–Trinajstić information content (AvgIpc) is 2.77. The number of amides is 3. The summed E-state index contributed by atoms with van der Waals surface area (Å²) in [5, 5.41) is 5.61. The summed E-state index contributed by atoms with van der Waals surface area (Å²) in [5.41, 5.74) is 1.80. The Balaban J connectivity index is 1.38. The third-order valence-electron chi connectivity index (χ3n) is 5.36. The average molecular weight is 413 g/mol. The molecule has 1 atom stereocenters. The molecule has 1 heterocycles. The second-order valence-corrected chi connectivity index (χ2v) is 7.58. The minimum atomic E-state index is -0.357. The predicted octanol–water partition coefficient (Wildman–Crippen LogP) is 2.79. The lowest BCUT2D eigenvalue weighted by molar-refractivity contribution is -0.120. The first-order valence-corrected chi connectivity index (χ1v) is 10.3. The van der Waals surface area contributed by atoms with Gasteiger partial charge < -0.3 is 20.4 Å². The monoisotopic (exact) mass is 412 g/mol. The molecule has 1 aliphatic rings. The van der Waals surface area contributed by atoms with Crippen molar-refractivity contribution in [3.8, 4) is 0 Å². The summed E-state index contributed by atoms with van der Waals surface area (Å²) >= 11 is 0. The molecule has 2 N–H and O–H groups in total. The number of urea groups is 1. The highest BCUT2D eigenvalue weighted by Crippen LogP contribution is 2.21. The van der Waals surface area contributed by atoms with E-state index < -0.39 is 0 Å². The van der Waals surface area contributed by atoms with E-state index in [2.05, 4.69) is 27.7 Å². The number of nitrogens with zero attached hydrogens (tertiary/aromatic N) is 2. The number of rotatable bonds is 7. The van der Waals surface area contributed by atoms with E-state index in [1.807, 2.05) is 25.2 Å². The molecular weight excluding hydrogens is 383 g/mol. The molecule has 30 heavy (non-hydrogen) atoms. The Morgan fingerprint density at radius 1 is 1.10 bits per heavy atom. The topological polar surface area (TPSA) is 64.7 Å². The van der Waals surface area contributed by atoms with Gasteiger partial charge in [0.15, 0.2) is 0 Å². The van der Waals surface area contributed by atoms with Crippen LogP contribution in [0.1, 0.15) is 18.4 Å². The van der Waals surface area contributed by atoms with E-state index in [1.165, 1.54) is 17.8 Å². The third kappa shape index (κ3) is 6.20. The summed E-state index contributed by atoms with van der Waals surface area (Å²) < 4.78 is 13.2. The number of halogens is 1. The number of hydrogen-bond donors (Lipinski definition) is 2. The number of piperidine rings is 1. The van der Waals surface area contributed by atoms with Crippen molar-refractivity contribution in [2.45, 2.75) is 25.3 Å². The van der Waals surface area contributed by atoms with Crippen molar-refractivity contribution in [1.29, 1.82) is 0 Å². The van der Waals surface area contributed by atoms with Crippen LogP contribution >= 0.6 is 0 Å². The molecule has 3 amide bonds. The molecule has 1 saturated heterocycles. The van der Waals surface area contributed by atoms with E-state index in [0.29, 0.717) is 18.7 Å². The molecule has 2 aromatic rings. The fourth-order valence-corrected chi connectivity index (χ4v) is 3.70. The van der Waals surface area contributed by atoms with Gasteiger partial charge in [-0.05, 0) is 42.7 Å². The van der Waals surface area contributed by atoms with Gasteiger partial charge in [0.25, 0.3) is 0 Å². The van der Waals surface area contributed by atoms with Gasteiger partial charge in [-0.2, -0.15) is 0 Å². The van der Waals surface area contributed by atoms with Crippen LogP contribution in [0.25, 0.3) is 0 Å². The maximum Gasteiger partial charge on any atom is 0.317 e. The summed E-state index contributed by atoms with van der Waals surface area (Å²) in [4.78, 5) is 28.5. The lowest BCUT2D eigenvalue weighted by Gasteiger charge is -2.38. The fraction of sp³-hybridized carbons (Fsp3) is 0.391. The van der Waals surface area contributed by atoms with Crippen LogP contribution in [0.3, 0.4) is 0 Å². The lowest BCUT2D eigenvalue weighted by Crippen LogP contribution is -2.52. The standard InChI is InChI=1S/C23H29FN4O2/c1-27(21-11-6-14-28(17-21)20-9-3-2-4-10-20)23(30)26-13-12-25-22(29)16-18-7-5-8-19(24)15-18/h2-5,7-10,15,21H,6,11-14,16-17H2,1H3,(H,25,29)(H,26,30). The van der Waals surface area contributed by atoms with Gasteiger partial charge in [-0.3, -0.25) is 4.79 Å². The molecule has 0 saturated carbocycles. The van der Waals surface area contributed by atoms with Crippen molar-refractivity contribution in [2.75, 3.05) is 38.1 Å². The normalized spacial score (nSPS) is 16.1. The highest BCUT2D eigenvalue weighted by atomic mass is 19.1. The van der Waals surface area contributed by atoms with Crippen molar-refractivity contribution in [3.05, 3.63) is 66.0 Å². The molecule has 6 nitrogen and oxygen atoms in total. The van der Waals surface area contributed by atoms with Crippen molar-refractivity contribution in [3.63, 3.8) is 0 Å². The van der Waals surface area contributed by atoms with Gasteiger partial charge in [-0.1, -0.05) is 30.3 Å². The molecule has 7 heteroatoms. The van der Waals surface area contributed by atoms with Crippen molar-refractivity contribution >= 4 is 17.6 Å². The van der Waals surface area contributed by atoms with Crippen molar-refractivity contribution < 1.29 is 14.0 Å². The highest BCUT2D eigenvalue weighted by molar-refractivity contribution is 5.78. The Hall–Kier alpha value is -3.09. The van der Waals surface area contributed by atoms with E-state index in [-0.39, 0.29) is 30.2 Å². The van der Waals surface area contributed by atoms with Crippen LogP contribution in [0.2, 0.25) is 0 Å². The van der Waals surface area contributed by atoms with E-state index in [0.717, 1.165) is 25.9 Å². The summed E-state index contributed by atoms with van der Waals surface area (Å²) in [6, 6.07) is 16.2. The Morgan fingerprint density at radius 2 is 1.87 bits per heavy atom. The van der Waals surface area contributed by atoms with Gasteiger partial charge in [0.05, 0.1) is 12.5 Å². The molecule has 0 bridgehead atoms. The van der Waals surface area contributed by atoms with Crippen LogP contribution < -0.4 is 15.5 Å². The SMILES string of the molecule is CN(C(=O)NCCNC(=O)Cc1cccc(F)c1)C1CCCN(c2ccccc2)C1. The Kier molecular flexibility index (Phi) is 7.65. The number of nitrogens with one attached hydrogen (secondary N) is 2. The minimum Gasteiger partial charge on any atom is -0.369 e. The first-order valence-electron chi connectivity index (χ1n) is 10.3. The maximum atomic E-state index is 13.2. The minimum absolute atomic E-state index is 0.114. The third-order valence-corrected chi connectivity index (χ3v) is 5.36. The van der Waals surface area contributed by atoms with Gasteiger partial charge >= 0.3 is 6.03 Å². The summed E-state index contributed by atoms with van der Waals surface area (Å²) in [6.45, 7) is 2.47. The molecule has 0 radical (unpaired) electrons. The van der Waals surface area contributed by atoms with Crippen LogP contribution in [-0.4, -0.2) is 56.1 Å². The first kappa shape index (κ1) is 21.6. The van der Waals surface area contributed by atoms with Crippen LogP contribution in [0.15, 0.2) is 54.6 Å². The van der Waals surface area contributed by atoms with Crippen LogP contribution in [0.5, 0.6) is 0 Å². The second kappa shape index (κ2) is 10.6. The number of carbonyl (C=O) groups is 2. The van der Waals surface area contributed by atoms with Gasteiger partial charge in [0, 0.05) is 38.9 Å². The zero-order chi connectivity index (χ0) is 21.3. The lowest BCUT2D eigenvalue weighted by atomic mass is 10.0. The number of carbonyl (C=O) groups excluding carboxylic acids is 2. The molecule has 3 rings (SSSR count). The van der Waals surface area contributed by atoms with Crippen molar-refractivity contribution in [1.82, 2.24) is 15.5 Å². The van der Waals surface area contributed by atoms with Crippen LogP contribution in [0.4, 0.5) is 14.9 Å².